The number of benzene rings is 1. The number of aromatic nitrogens is 2. The quantitative estimate of drug-likeness (QED) is 0.760. The molecule has 2 aromatic rings. The van der Waals surface area contributed by atoms with Crippen LogP contribution in [-0.2, 0) is 4.84 Å². The van der Waals surface area contributed by atoms with E-state index in [0.717, 1.165) is 25.1 Å². The third kappa shape index (κ3) is 1.80. The first-order valence-electron chi connectivity index (χ1n) is 5.26. The van der Waals surface area contributed by atoms with E-state index in [-0.39, 0.29) is 0 Å². The van der Waals surface area contributed by atoms with E-state index >= 15 is 0 Å². The van der Waals surface area contributed by atoms with Crippen molar-refractivity contribution in [3.8, 4) is 0 Å². The molecule has 2 heterocycles. The van der Waals surface area contributed by atoms with Gasteiger partial charge in [-0.25, -0.2) is 18.8 Å². The average molecular weight is 237 g/mol. The second kappa shape index (κ2) is 3.89. The van der Waals surface area contributed by atoms with Gasteiger partial charge in [0.05, 0.1) is 23.8 Å². The second-order valence-electron chi connectivity index (χ2n) is 3.77. The highest BCUT2D eigenvalue weighted by Gasteiger charge is 2.16. The van der Waals surface area contributed by atoms with Crippen molar-refractivity contribution in [2.75, 3.05) is 18.2 Å². The summed E-state index contributed by atoms with van der Waals surface area (Å²) in [6.07, 6.45) is 2.41. The fourth-order valence-corrected chi connectivity index (χ4v) is 1.75. The molecule has 1 aromatic carbocycles. The van der Waals surface area contributed by atoms with Crippen LogP contribution in [0.1, 0.15) is 6.42 Å². The fourth-order valence-electron chi connectivity index (χ4n) is 1.75. The van der Waals surface area contributed by atoms with Crippen molar-refractivity contribution >= 4 is 16.9 Å². The standard InChI is InChI=1S/C11H9F2N3O/c12-7-4-9-10(5-8(7)13)15-11(6-14-9)16-2-1-3-17-16/h4-6H,1-3H2. The zero-order valence-corrected chi connectivity index (χ0v) is 8.86. The molecule has 0 unspecified atom stereocenters. The highest BCUT2D eigenvalue weighted by molar-refractivity contribution is 5.75. The summed E-state index contributed by atoms with van der Waals surface area (Å²) < 4.78 is 26.0. The molecule has 1 aliphatic rings. The maximum atomic E-state index is 13.1. The SMILES string of the molecule is Fc1cc2ncc(N3CCCO3)nc2cc1F. The Bertz CT molecular complexity index is 570. The molecule has 0 saturated carbocycles. The number of rotatable bonds is 1. The van der Waals surface area contributed by atoms with Gasteiger partial charge >= 0.3 is 0 Å². The van der Waals surface area contributed by atoms with Crippen LogP contribution in [0.2, 0.25) is 0 Å². The van der Waals surface area contributed by atoms with Gasteiger partial charge in [-0.3, -0.25) is 9.82 Å². The van der Waals surface area contributed by atoms with E-state index in [4.69, 9.17) is 4.84 Å². The molecule has 6 heteroatoms. The van der Waals surface area contributed by atoms with Crippen LogP contribution < -0.4 is 5.06 Å². The Morgan fingerprint density at radius 1 is 1.18 bits per heavy atom. The molecule has 88 valence electrons. The number of hydroxylamine groups is 1. The monoisotopic (exact) mass is 237 g/mol. The van der Waals surface area contributed by atoms with Gasteiger partial charge in [0, 0.05) is 18.7 Å². The van der Waals surface area contributed by atoms with Crippen LogP contribution in [0, 0.1) is 11.6 Å². The van der Waals surface area contributed by atoms with Gasteiger partial charge in [-0.1, -0.05) is 0 Å². The van der Waals surface area contributed by atoms with Crippen molar-refractivity contribution in [1.82, 2.24) is 9.97 Å². The average Bonchev–Trinajstić information content (AvgIpc) is 2.83. The van der Waals surface area contributed by atoms with E-state index in [9.17, 15) is 8.78 Å². The molecule has 0 N–H and O–H groups in total. The number of anilines is 1. The molecule has 3 rings (SSSR count). The van der Waals surface area contributed by atoms with Gasteiger partial charge in [0.15, 0.2) is 17.5 Å². The lowest BCUT2D eigenvalue weighted by Gasteiger charge is -2.14. The Kier molecular flexibility index (Phi) is 2.36. The van der Waals surface area contributed by atoms with Crippen molar-refractivity contribution in [1.29, 1.82) is 0 Å². The van der Waals surface area contributed by atoms with Gasteiger partial charge in [-0.2, -0.15) is 0 Å². The van der Waals surface area contributed by atoms with Crippen LogP contribution >= 0.6 is 0 Å². The van der Waals surface area contributed by atoms with Gasteiger partial charge < -0.3 is 0 Å². The largest absolute Gasteiger partial charge is 0.272 e. The Labute approximate surface area is 95.8 Å². The molecule has 0 amide bonds. The lowest BCUT2D eigenvalue weighted by molar-refractivity contribution is 0.166. The van der Waals surface area contributed by atoms with Gasteiger partial charge in [-0.05, 0) is 6.42 Å². The number of nitrogens with zero attached hydrogens (tertiary/aromatic N) is 3. The van der Waals surface area contributed by atoms with Crippen LogP contribution in [-0.4, -0.2) is 23.1 Å². The zero-order valence-electron chi connectivity index (χ0n) is 8.86. The van der Waals surface area contributed by atoms with Crippen molar-refractivity contribution in [3.63, 3.8) is 0 Å². The molecule has 0 aliphatic carbocycles. The molecular formula is C11H9F2N3O. The van der Waals surface area contributed by atoms with E-state index in [0.29, 0.717) is 23.5 Å². The summed E-state index contributed by atoms with van der Waals surface area (Å²) in [4.78, 5) is 13.5. The zero-order chi connectivity index (χ0) is 11.8. The summed E-state index contributed by atoms with van der Waals surface area (Å²) in [5.41, 5.74) is 0.642. The predicted molar refractivity (Wildman–Crippen MR) is 57.4 cm³/mol. The summed E-state index contributed by atoms with van der Waals surface area (Å²) in [6, 6.07) is 2.07. The van der Waals surface area contributed by atoms with Crippen LogP contribution in [0.3, 0.4) is 0 Å². The lowest BCUT2D eigenvalue weighted by Crippen LogP contribution is -2.17. The minimum Gasteiger partial charge on any atom is -0.272 e. The highest BCUT2D eigenvalue weighted by Crippen LogP contribution is 2.20. The van der Waals surface area contributed by atoms with E-state index in [1.165, 1.54) is 6.20 Å². The van der Waals surface area contributed by atoms with Gasteiger partial charge in [0.1, 0.15) is 0 Å². The van der Waals surface area contributed by atoms with Crippen molar-refractivity contribution in [3.05, 3.63) is 30.0 Å². The third-order valence-corrected chi connectivity index (χ3v) is 2.58. The van der Waals surface area contributed by atoms with E-state index < -0.39 is 11.6 Å². The lowest BCUT2D eigenvalue weighted by atomic mass is 10.3. The van der Waals surface area contributed by atoms with Crippen LogP contribution in [0.5, 0.6) is 0 Å². The van der Waals surface area contributed by atoms with E-state index in [2.05, 4.69) is 9.97 Å². The molecule has 1 aliphatic heterocycles. The van der Waals surface area contributed by atoms with E-state index in [1.54, 1.807) is 5.06 Å². The predicted octanol–water partition coefficient (Wildman–Crippen LogP) is 2.05. The van der Waals surface area contributed by atoms with Crippen LogP contribution in [0.15, 0.2) is 18.3 Å². The summed E-state index contributed by atoms with van der Waals surface area (Å²) in [5, 5.41) is 1.60. The van der Waals surface area contributed by atoms with Gasteiger partial charge in [0.25, 0.3) is 0 Å². The number of fused-ring (bicyclic) bond motifs is 1. The first kappa shape index (κ1) is 10.3. The number of halogens is 2. The van der Waals surface area contributed by atoms with Crippen molar-refractivity contribution in [2.45, 2.75) is 6.42 Å². The Morgan fingerprint density at radius 3 is 2.65 bits per heavy atom. The molecule has 0 radical (unpaired) electrons. The maximum Gasteiger partial charge on any atom is 0.171 e. The first-order valence-corrected chi connectivity index (χ1v) is 5.26. The second-order valence-corrected chi connectivity index (χ2v) is 3.77. The third-order valence-electron chi connectivity index (χ3n) is 2.58. The Balaban J connectivity index is 2.08. The maximum absolute atomic E-state index is 13.1. The highest BCUT2D eigenvalue weighted by atomic mass is 19.2. The summed E-state index contributed by atoms with van der Waals surface area (Å²) in [6.45, 7) is 1.36. The molecule has 1 fully saturated rings. The van der Waals surface area contributed by atoms with Crippen LogP contribution in [0.25, 0.3) is 11.0 Å². The molecule has 0 atom stereocenters. The molecule has 17 heavy (non-hydrogen) atoms. The van der Waals surface area contributed by atoms with Gasteiger partial charge in [-0.15, -0.1) is 0 Å². The Morgan fingerprint density at radius 2 is 1.94 bits per heavy atom. The van der Waals surface area contributed by atoms with Gasteiger partial charge in [0.2, 0.25) is 0 Å². The Hall–Kier alpha value is -1.82. The van der Waals surface area contributed by atoms with Crippen LogP contribution in [0.4, 0.5) is 14.6 Å². The number of hydrogen-bond donors (Lipinski definition) is 0. The van der Waals surface area contributed by atoms with E-state index in [1.807, 2.05) is 0 Å². The van der Waals surface area contributed by atoms with Crippen molar-refractivity contribution in [2.24, 2.45) is 0 Å². The summed E-state index contributed by atoms with van der Waals surface area (Å²) >= 11 is 0. The molecular weight excluding hydrogens is 228 g/mol. The first-order chi connectivity index (χ1) is 8.24. The molecule has 1 saturated heterocycles. The minimum absolute atomic E-state index is 0.317. The molecule has 0 spiro atoms. The normalized spacial score (nSPS) is 15.8. The fraction of sp³-hybridized carbons (Fsp3) is 0.273. The smallest absolute Gasteiger partial charge is 0.171 e. The minimum atomic E-state index is -0.925. The van der Waals surface area contributed by atoms with Crippen molar-refractivity contribution < 1.29 is 13.6 Å². The number of hydrogen-bond acceptors (Lipinski definition) is 4. The summed E-state index contributed by atoms with van der Waals surface area (Å²) in [7, 11) is 0. The molecule has 4 nitrogen and oxygen atoms in total. The topological polar surface area (TPSA) is 38.2 Å². The summed E-state index contributed by atoms with van der Waals surface area (Å²) in [5.74, 6) is -1.33. The molecule has 1 aromatic heterocycles. The molecule has 0 bridgehead atoms.